The maximum absolute atomic E-state index is 13.6. The zero-order valence-electron chi connectivity index (χ0n) is 11.2. The standard InChI is InChI=1S/C13H13ClFN3O3/c1-20-6-5-16-12(19)13-18-17-11(21-13)7-8-9(14)3-2-4-10(8)15/h2-4H,5-7H2,1H3,(H,16,19). The van der Waals surface area contributed by atoms with E-state index in [0.717, 1.165) is 0 Å². The first-order valence-corrected chi connectivity index (χ1v) is 6.52. The van der Waals surface area contributed by atoms with Crippen molar-refractivity contribution in [2.75, 3.05) is 20.3 Å². The van der Waals surface area contributed by atoms with Crippen LogP contribution < -0.4 is 5.32 Å². The number of amides is 1. The van der Waals surface area contributed by atoms with Gasteiger partial charge in [0.05, 0.1) is 13.0 Å². The highest BCUT2D eigenvalue weighted by Crippen LogP contribution is 2.21. The van der Waals surface area contributed by atoms with E-state index in [9.17, 15) is 9.18 Å². The molecule has 0 spiro atoms. The number of hydrogen-bond donors (Lipinski definition) is 1. The molecule has 0 aliphatic heterocycles. The van der Waals surface area contributed by atoms with Crippen molar-refractivity contribution in [2.45, 2.75) is 6.42 Å². The molecule has 21 heavy (non-hydrogen) atoms. The van der Waals surface area contributed by atoms with Gasteiger partial charge in [-0.05, 0) is 12.1 Å². The van der Waals surface area contributed by atoms with E-state index in [4.69, 9.17) is 20.8 Å². The van der Waals surface area contributed by atoms with Crippen LogP contribution in [0.4, 0.5) is 4.39 Å². The molecule has 1 amide bonds. The predicted octanol–water partition coefficient (Wildman–Crippen LogP) is 1.83. The number of benzene rings is 1. The normalized spacial score (nSPS) is 10.6. The first-order valence-electron chi connectivity index (χ1n) is 6.14. The number of nitrogens with zero attached hydrogens (tertiary/aromatic N) is 2. The summed E-state index contributed by atoms with van der Waals surface area (Å²) < 4.78 is 23.6. The lowest BCUT2D eigenvalue weighted by molar-refractivity contribution is 0.0901. The molecule has 0 radical (unpaired) electrons. The Morgan fingerprint density at radius 2 is 2.29 bits per heavy atom. The van der Waals surface area contributed by atoms with E-state index in [2.05, 4.69) is 15.5 Å². The summed E-state index contributed by atoms with van der Waals surface area (Å²) in [5, 5.41) is 10.1. The molecule has 0 saturated carbocycles. The molecule has 8 heteroatoms. The third-order valence-electron chi connectivity index (χ3n) is 2.64. The number of hydrogen-bond acceptors (Lipinski definition) is 5. The minimum atomic E-state index is -0.509. The Balaban J connectivity index is 2.05. The number of methoxy groups -OCH3 is 1. The van der Waals surface area contributed by atoms with Gasteiger partial charge in [0.1, 0.15) is 5.82 Å². The van der Waals surface area contributed by atoms with Crippen LogP contribution in [-0.4, -0.2) is 36.4 Å². The number of rotatable bonds is 6. The lowest BCUT2D eigenvalue weighted by atomic mass is 10.1. The molecule has 1 aromatic heterocycles. The van der Waals surface area contributed by atoms with Gasteiger partial charge in [0.25, 0.3) is 0 Å². The van der Waals surface area contributed by atoms with Gasteiger partial charge >= 0.3 is 11.8 Å². The fourth-order valence-corrected chi connectivity index (χ4v) is 1.84. The first kappa shape index (κ1) is 15.4. The lowest BCUT2D eigenvalue weighted by Crippen LogP contribution is -2.27. The molecule has 0 unspecified atom stereocenters. The summed E-state index contributed by atoms with van der Waals surface area (Å²) in [7, 11) is 1.52. The topological polar surface area (TPSA) is 77.2 Å². The van der Waals surface area contributed by atoms with Crippen LogP contribution in [0.5, 0.6) is 0 Å². The summed E-state index contributed by atoms with van der Waals surface area (Å²) in [5.41, 5.74) is 0.245. The average Bonchev–Trinajstić information content (AvgIpc) is 2.92. The summed E-state index contributed by atoms with van der Waals surface area (Å²) in [5.74, 6) is -1.05. The third kappa shape index (κ3) is 3.99. The molecule has 0 aliphatic rings. The Morgan fingerprint density at radius 3 is 3.00 bits per heavy atom. The van der Waals surface area contributed by atoms with E-state index in [1.165, 1.54) is 19.2 Å². The van der Waals surface area contributed by atoms with Gasteiger partial charge in [-0.3, -0.25) is 4.79 Å². The van der Waals surface area contributed by atoms with E-state index in [1.807, 2.05) is 0 Å². The number of ether oxygens (including phenoxy) is 1. The molecular weight excluding hydrogens is 301 g/mol. The number of carbonyl (C=O) groups is 1. The fourth-order valence-electron chi connectivity index (χ4n) is 1.61. The minimum absolute atomic E-state index is 0.0177. The Hall–Kier alpha value is -1.99. The number of nitrogens with one attached hydrogen (secondary N) is 1. The van der Waals surface area contributed by atoms with Gasteiger partial charge in [-0.25, -0.2) is 4.39 Å². The van der Waals surface area contributed by atoms with Crippen LogP contribution in [0.2, 0.25) is 5.02 Å². The van der Waals surface area contributed by atoms with Crippen molar-refractivity contribution in [3.63, 3.8) is 0 Å². The number of halogens is 2. The molecule has 0 aliphatic carbocycles. The van der Waals surface area contributed by atoms with Crippen LogP contribution >= 0.6 is 11.6 Å². The molecule has 6 nitrogen and oxygen atoms in total. The van der Waals surface area contributed by atoms with Gasteiger partial charge in [-0.15, -0.1) is 10.2 Å². The zero-order valence-corrected chi connectivity index (χ0v) is 12.0. The molecule has 0 fully saturated rings. The second kappa shape index (κ2) is 7.14. The summed E-state index contributed by atoms with van der Waals surface area (Å²) in [6.07, 6.45) is 0.0177. The third-order valence-corrected chi connectivity index (χ3v) is 3.00. The largest absolute Gasteiger partial charge is 0.417 e. The Kier molecular flexibility index (Phi) is 5.24. The maximum Gasteiger partial charge on any atom is 0.308 e. The van der Waals surface area contributed by atoms with Gasteiger partial charge in [0, 0.05) is 24.2 Å². The average molecular weight is 314 g/mol. The van der Waals surface area contributed by atoms with Crippen LogP contribution in [0.15, 0.2) is 22.6 Å². The summed E-state index contributed by atoms with van der Waals surface area (Å²) in [6, 6.07) is 4.36. The van der Waals surface area contributed by atoms with Gasteiger partial charge < -0.3 is 14.5 Å². The highest BCUT2D eigenvalue weighted by Gasteiger charge is 2.16. The monoisotopic (exact) mass is 313 g/mol. The summed E-state index contributed by atoms with van der Waals surface area (Å²) in [4.78, 5) is 11.7. The molecule has 1 heterocycles. The van der Waals surface area contributed by atoms with Crippen LogP contribution in [-0.2, 0) is 11.2 Å². The Morgan fingerprint density at radius 1 is 1.48 bits per heavy atom. The van der Waals surface area contributed by atoms with E-state index >= 15 is 0 Å². The smallest absolute Gasteiger partial charge is 0.308 e. The van der Waals surface area contributed by atoms with E-state index in [0.29, 0.717) is 13.2 Å². The summed E-state index contributed by atoms with van der Waals surface area (Å²) >= 11 is 5.91. The molecule has 0 saturated heterocycles. The SMILES string of the molecule is COCCNC(=O)c1nnc(Cc2c(F)cccc2Cl)o1. The Bertz CT molecular complexity index is 613. The number of aromatic nitrogens is 2. The van der Waals surface area contributed by atoms with Crippen molar-refractivity contribution in [2.24, 2.45) is 0 Å². The van der Waals surface area contributed by atoms with Crippen molar-refractivity contribution >= 4 is 17.5 Å². The van der Waals surface area contributed by atoms with Gasteiger partial charge in [0.15, 0.2) is 0 Å². The van der Waals surface area contributed by atoms with Crippen molar-refractivity contribution < 1.29 is 18.3 Å². The predicted molar refractivity (Wildman–Crippen MR) is 72.7 cm³/mol. The highest BCUT2D eigenvalue weighted by atomic mass is 35.5. The highest BCUT2D eigenvalue weighted by molar-refractivity contribution is 6.31. The quantitative estimate of drug-likeness (QED) is 0.823. The maximum atomic E-state index is 13.6. The van der Waals surface area contributed by atoms with Crippen molar-refractivity contribution in [3.8, 4) is 0 Å². The fraction of sp³-hybridized carbons (Fsp3) is 0.308. The molecule has 2 aromatic rings. The second-order valence-electron chi connectivity index (χ2n) is 4.13. The molecule has 1 N–H and O–H groups in total. The molecular formula is C13H13ClFN3O3. The number of carbonyl (C=O) groups excluding carboxylic acids is 1. The van der Waals surface area contributed by atoms with Crippen molar-refractivity contribution in [1.29, 1.82) is 0 Å². The van der Waals surface area contributed by atoms with E-state index in [1.54, 1.807) is 6.07 Å². The van der Waals surface area contributed by atoms with Gasteiger partial charge in [-0.2, -0.15) is 0 Å². The molecule has 0 bridgehead atoms. The minimum Gasteiger partial charge on any atom is -0.417 e. The van der Waals surface area contributed by atoms with E-state index in [-0.39, 0.29) is 28.8 Å². The first-order chi connectivity index (χ1) is 10.1. The van der Waals surface area contributed by atoms with Crippen LogP contribution in [0.1, 0.15) is 22.1 Å². The molecule has 2 rings (SSSR count). The Labute approximate surface area is 125 Å². The van der Waals surface area contributed by atoms with Gasteiger partial charge in [0.2, 0.25) is 5.89 Å². The van der Waals surface area contributed by atoms with Crippen LogP contribution in [0.3, 0.4) is 0 Å². The van der Waals surface area contributed by atoms with Crippen molar-refractivity contribution in [3.05, 3.63) is 46.4 Å². The molecule has 112 valence electrons. The zero-order chi connectivity index (χ0) is 15.2. The van der Waals surface area contributed by atoms with Crippen LogP contribution in [0.25, 0.3) is 0 Å². The second-order valence-corrected chi connectivity index (χ2v) is 4.53. The van der Waals surface area contributed by atoms with Crippen molar-refractivity contribution in [1.82, 2.24) is 15.5 Å². The lowest BCUT2D eigenvalue weighted by Gasteiger charge is -2.02. The molecule has 1 aromatic carbocycles. The van der Waals surface area contributed by atoms with Crippen LogP contribution in [0, 0.1) is 5.82 Å². The van der Waals surface area contributed by atoms with Gasteiger partial charge in [-0.1, -0.05) is 17.7 Å². The molecule has 0 atom stereocenters. The summed E-state index contributed by atoms with van der Waals surface area (Å²) in [6.45, 7) is 0.698. The van der Waals surface area contributed by atoms with E-state index < -0.39 is 11.7 Å².